The molecule has 6 nitrogen and oxygen atoms in total. The molecule has 2 aromatic rings. The first-order valence-electron chi connectivity index (χ1n) is 9.71. The van der Waals surface area contributed by atoms with E-state index in [1.807, 2.05) is 54.6 Å². The third-order valence-corrected chi connectivity index (χ3v) is 5.35. The molecule has 28 heavy (non-hydrogen) atoms. The number of amides is 3. The highest BCUT2D eigenvalue weighted by atomic mass is 16.2. The van der Waals surface area contributed by atoms with E-state index in [2.05, 4.69) is 15.6 Å². The Bertz CT molecular complexity index is 904. The number of urea groups is 1. The highest BCUT2D eigenvalue weighted by molar-refractivity contribution is 6.20. The van der Waals surface area contributed by atoms with Crippen LogP contribution in [0.1, 0.15) is 36.8 Å². The Morgan fingerprint density at radius 2 is 1.68 bits per heavy atom. The van der Waals surface area contributed by atoms with Crippen molar-refractivity contribution in [2.24, 2.45) is 4.99 Å². The average Bonchev–Trinajstić information content (AvgIpc) is 3.20. The van der Waals surface area contributed by atoms with E-state index < -0.39 is 6.17 Å². The summed E-state index contributed by atoms with van der Waals surface area (Å²) in [5.41, 5.74) is 3.24. The summed E-state index contributed by atoms with van der Waals surface area (Å²) < 4.78 is 0. The van der Waals surface area contributed by atoms with Gasteiger partial charge in [-0.2, -0.15) is 0 Å². The molecule has 2 N–H and O–H groups in total. The number of carbonyl (C=O) groups is 2. The van der Waals surface area contributed by atoms with Gasteiger partial charge in [-0.1, -0.05) is 61.4 Å². The van der Waals surface area contributed by atoms with Crippen LogP contribution in [0.5, 0.6) is 0 Å². The maximum Gasteiger partial charge on any atom is 0.317 e. The standard InChI is InChI=1S/C22H24N4O2/c1-26-18-14-8-7-13-17(18)19(15-9-3-2-4-10-15)24-20(21(26)27)25-22(28)23-16-11-5-6-12-16/h2-4,7-10,13-14,16,20H,5-6,11-12H2,1H3,(H2,23,25,28). The first kappa shape index (κ1) is 18.2. The molecule has 1 aliphatic heterocycles. The fraction of sp³-hybridized carbons (Fsp3) is 0.318. The van der Waals surface area contributed by atoms with Crippen LogP contribution in [-0.4, -0.2) is 36.9 Å². The van der Waals surface area contributed by atoms with Crippen LogP contribution in [0.25, 0.3) is 0 Å². The number of fused-ring (bicyclic) bond motifs is 1. The molecule has 1 saturated carbocycles. The van der Waals surface area contributed by atoms with Crippen LogP contribution < -0.4 is 15.5 Å². The Hall–Kier alpha value is -3.15. The van der Waals surface area contributed by atoms with E-state index in [4.69, 9.17) is 0 Å². The Balaban J connectivity index is 1.68. The van der Waals surface area contributed by atoms with Crippen molar-refractivity contribution >= 4 is 23.3 Å². The van der Waals surface area contributed by atoms with E-state index in [0.717, 1.165) is 42.5 Å². The minimum absolute atomic E-state index is 0.174. The molecule has 144 valence electrons. The highest BCUT2D eigenvalue weighted by Crippen LogP contribution is 2.27. The summed E-state index contributed by atoms with van der Waals surface area (Å²) in [6, 6.07) is 17.2. The van der Waals surface area contributed by atoms with Gasteiger partial charge in [-0.05, 0) is 18.9 Å². The minimum atomic E-state index is -0.978. The summed E-state index contributed by atoms with van der Waals surface area (Å²) in [6.45, 7) is 0. The third-order valence-electron chi connectivity index (χ3n) is 5.35. The second-order valence-electron chi connectivity index (χ2n) is 7.26. The first-order valence-corrected chi connectivity index (χ1v) is 9.71. The molecular formula is C22H24N4O2. The van der Waals surface area contributed by atoms with Crippen molar-refractivity contribution in [2.75, 3.05) is 11.9 Å². The van der Waals surface area contributed by atoms with Crippen LogP contribution >= 0.6 is 0 Å². The second kappa shape index (κ2) is 7.84. The van der Waals surface area contributed by atoms with Crippen molar-refractivity contribution in [1.82, 2.24) is 10.6 Å². The second-order valence-corrected chi connectivity index (χ2v) is 7.26. The van der Waals surface area contributed by atoms with Gasteiger partial charge >= 0.3 is 6.03 Å². The Labute approximate surface area is 164 Å². The topological polar surface area (TPSA) is 73.8 Å². The normalized spacial score (nSPS) is 19.6. The summed E-state index contributed by atoms with van der Waals surface area (Å²) in [4.78, 5) is 31.8. The molecule has 2 aliphatic rings. The summed E-state index contributed by atoms with van der Waals surface area (Å²) in [5.74, 6) is -0.264. The number of anilines is 1. The number of nitrogens with one attached hydrogen (secondary N) is 2. The Morgan fingerprint density at radius 3 is 2.43 bits per heavy atom. The highest BCUT2D eigenvalue weighted by Gasteiger charge is 2.31. The molecule has 2 aromatic carbocycles. The van der Waals surface area contributed by atoms with Gasteiger partial charge in [0, 0.05) is 24.2 Å². The smallest absolute Gasteiger partial charge is 0.317 e. The molecule has 0 saturated heterocycles. The van der Waals surface area contributed by atoms with E-state index in [1.54, 1.807) is 11.9 Å². The zero-order valence-corrected chi connectivity index (χ0v) is 15.9. The van der Waals surface area contributed by atoms with E-state index in [9.17, 15) is 9.59 Å². The fourth-order valence-corrected chi connectivity index (χ4v) is 3.86. The predicted molar refractivity (Wildman–Crippen MR) is 110 cm³/mol. The van der Waals surface area contributed by atoms with Gasteiger partial charge in [0.15, 0.2) is 0 Å². The summed E-state index contributed by atoms with van der Waals surface area (Å²) in [6.07, 6.45) is 3.24. The van der Waals surface area contributed by atoms with Gasteiger partial charge in [0.1, 0.15) is 0 Å². The maximum absolute atomic E-state index is 13.0. The lowest BCUT2D eigenvalue weighted by Gasteiger charge is -2.21. The zero-order chi connectivity index (χ0) is 19.5. The van der Waals surface area contributed by atoms with Crippen molar-refractivity contribution in [3.63, 3.8) is 0 Å². The van der Waals surface area contributed by atoms with Crippen LogP contribution in [-0.2, 0) is 4.79 Å². The number of hydrogen-bond donors (Lipinski definition) is 2. The number of hydrogen-bond acceptors (Lipinski definition) is 3. The van der Waals surface area contributed by atoms with E-state index >= 15 is 0 Å². The number of likely N-dealkylation sites (N-methyl/N-ethyl adjacent to an activating group) is 1. The number of carbonyl (C=O) groups excluding carboxylic acids is 2. The van der Waals surface area contributed by atoms with Crippen molar-refractivity contribution in [3.8, 4) is 0 Å². The third kappa shape index (κ3) is 3.63. The van der Waals surface area contributed by atoms with Gasteiger partial charge < -0.3 is 15.5 Å². The van der Waals surface area contributed by atoms with Crippen molar-refractivity contribution in [3.05, 3.63) is 65.7 Å². The van der Waals surface area contributed by atoms with Gasteiger partial charge in [-0.3, -0.25) is 4.79 Å². The van der Waals surface area contributed by atoms with Crippen molar-refractivity contribution in [2.45, 2.75) is 37.9 Å². The molecule has 6 heteroatoms. The lowest BCUT2D eigenvalue weighted by molar-refractivity contribution is -0.119. The largest absolute Gasteiger partial charge is 0.335 e. The molecule has 1 unspecified atom stereocenters. The SMILES string of the molecule is CN1C(=O)C(NC(=O)NC2CCCC2)N=C(c2ccccc2)c2ccccc21. The fourth-order valence-electron chi connectivity index (χ4n) is 3.86. The molecule has 1 heterocycles. The van der Waals surface area contributed by atoms with Gasteiger partial charge in [0.25, 0.3) is 5.91 Å². The molecule has 1 aliphatic carbocycles. The molecule has 0 radical (unpaired) electrons. The Morgan fingerprint density at radius 1 is 1.00 bits per heavy atom. The number of aliphatic imine (C=N–C) groups is 1. The lowest BCUT2D eigenvalue weighted by Crippen LogP contribution is -2.51. The quantitative estimate of drug-likeness (QED) is 0.864. The monoisotopic (exact) mass is 376 g/mol. The number of benzodiazepines with no additional fused rings is 1. The average molecular weight is 376 g/mol. The number of nitrogens with zero attached hydrogens (tertiary/aromatic N) is 2. The summed E-state index contributed by atoms with van der Waals surface area (Å²) >= 11 is 0. The minimum Gasteiger partial charge on any atom is -0.335 e. The molecule has 0 spiro atoms. The molecule has 3 amide bonds. The maximum atomic E-state index is 13.0. The van der Waals surface area contributed by atoms with Gasteiger partial charge in [-0.15, -0.1) is 0 Å². The van der Waals surface area contributed by atoms with Crippen LogP contribution in [0, 0.1) is 0 Å². The van der Waals surface area contributed by atoms with Crippen LogP contribution in [0.15, 0.2) is 59.6 Å². The van der Waals surface area contributed by atoms with Gasteiger partial charge in [0.2, 0.25) is 6.17 Å². The van der Waals surface area contributed by atoms with Crippen molar-refractivity contribution < 1.29 is 9.59 Å². The van der Waals surface area contributed by atoms with Crippen LogP contribution in [0.3, 0.4) is 0 Å². The molecule has 4 rings (SSSR count). The summed E-state index contributed by atoms with van der Waals surface area (Å²) in [7, 11) is 1.72. The molecule has 0 bridgehead atoms. The number of rotatable bonds is 3. The number of para-hydroxylation sites is 1. The summed E-state index contributed by atoms with van der Waals surface area (Å²) in [5, 5.41) is 5.74. The van der Waals surface area contributed by atoms with Gasteiger partial charge in [-0.25, -0.2) is 9.79 Å². The number of benzene rings is 2. The van der Waals surface area contributed by atoms with Crippen LogP contribution in [0.4, 0.5) is 10.5 Å². The van der Waals surface area contributed by atoms with E-state index in [-0.39, 0.29) is 18.0 Å². The molecule has 1 atom stereocenters. The van der Waals surface area contributed by atoms with Crippen molar-refractivity contribution in [1.29, 1.82) is 0 Å². The van der Waals surface area contributed by atoms with E-state index in [1.165, 1.54) is 0 Å². The molecule has 1 fully saturated rings. The molecule has 0 aromatic heterocycles. The first-order chi connectivity index (χ1) is 13.6. The molecular weight excluding hydrogens is 352 g/mol. The predicted octanol–water partition coefficient (Wildman–Crippen LogP) is 3.07. The van der Waals surface area contributed by atoms with Crippen LogP contribution in [0.2, 0.25) is 0 Å². The van der Waals surface area contributed by atoms with Gasteiger partial charge in [0.05, 0.1) is 11.4 Å². The van der Waals surface area contributed by atoms with E-state index in [0.29, 0.717) is 5.71 Å². The zero-order valence-electron chi connectivity index (χ0n) is 15.9. The lowest BCUT2D eigenvalue weighted by atomic mass is 10.0. The Kier molecular flexibility index (Phi) is 5.10.